The highest BCUT2D eigenvalue weighted by Crippen LogP contribution is 2.36. The fourth-order valence-corrected chi connectivity index (χ4v) is 3.05. The molecule has 0 saturated heterocycles. The Balaban J connectivity index is 2.02. The van der Waals surface area contributed by atoms with Crippen LogP contribution in [0.1, 0.15) is 74.5 Å². The molecule has 1 N–H and O–H groups in total. The first-order valence-corrected chi connectivity index (χ1v) is 7.88. The van der Waals surface area contributed by atoms with Gasteiger partial charge in [-0.1, -0.05) is 19.8 Å². The molecule has 1 aromatic rings. The predicted molar refractivity (Wildman–Crippen MR) is 79.3 cm³/mol. The lowest BCUT2D eigenvalue weighted by molar-refractivity contribution is 0.0521. The van der Waals surface area contributed by atoms with Crippen molar-refractivity contribution in [2.24, 2.45) is 5.92 Å². The Morgan fingerprint density at radius 3 is 2.62 bits per heavy atom. The Morgan fingerprint density at radius 2 is 2.05 bits per heavy atom. The maximum absolute atomic E-state index is 11.6. The van der Waals surface area contributed by atoms with Crippen molar-refractivity contribution in [2.45, 2.75) is 58.3 Å². The number of rotatable bonds is 5. The zero-order valence-corrected chi connectivity index (χ0v) is 12.8. The summed E-state index contributed by atoms with van der Waals surface area (Å²) in [5, 5.41) is 9.90. The minimum absolute atomic E-state index is 0.0419. The molecule has 0 atom stereocenters. The van der Waals surface area contributed by atoms with Crippen LogP contribution in [0.3, 0.4) is 0 Å². The third-order valence-electron chi connectivity index (χ3n) is 4.19. The summed E-state index contributed by atoms with van der Waals surface area (Å²) in [5.41, 5.74) is 0.0419. The van der Waals surface area contributed by atoms with E-state index in [1.165, 1.54) is 31.9 Å². The van der Waals surface area contributed by atoms with Crippen molar-refractivity contribution >= 4 is 5.97 Å². The van der Waals surface area contributed by atoms with Crippen LogP contribution in [0, 0.1) is 5.92 Å². The summed E-state index contributed by atoms with van der Waals surface area (Å²) >= 11 is 0. The van der Waals surface area contributed by atoms with Crippen molar-refractivity contribution in [3.63, 3.8) is 0 Å². The lowest BCUT2D eigenvalue weighted by Gasteiger charge is -2.27. The monoisotopic (exact) mass is 292 g/mol. The van der Waals surface area contributed by atoms with E-state index in [2.05, 4.69) is 16.9 Å². The molecule has 1 aliphatic rings. The normalized spacial score (nSPS) is 22.0. The van der Waals surface area contributed by atoms with Gasteiger partial charge in [0, 0.05) is 12.1 Å². The summed E-state index contributed by atoms with van der Waals surface area (Å²) < 4.78 is 4.86. The quantitative estimate of drug-likeness (QED) is 0.842. The number of hydrogen-bond donors (Lipinski definition) is 1. The molecule has 2 rings (SSSR count). The van der Waals surface area contributed by atoms with Gasteiger partial charge in [0.1, 0.15) is 11.4 Å². The van der Waals surface area contributed by atoms with Crippen LogP contribution in [0.15, 0.2) is 6.20 Å². The van der Waals surface area contributed by atoms with Crippen LogP contribution in [0.2, 0.25) is 0 Å². The van der Waals surface area contributed by atoms with Crippen molar-refractivity contribution in [1.29, 1.82) is 0 Å². The van der Waals surface area contributed by atoms with E-state index in [0.29, 0.717) is 11.7 Å². The molecule has 1 aliphatic carbocycles. The fraction of sp³-hybridized carbons (Fsp3) is 0.688. The minimum atomic E-state index is -0.576. The van der Waals surface area contributed by atoms with Crippen LogP contribution < -0.4 is 0 Å². The number of carbonyl (C=O) groups excluding carboxylic acids is 1. The van der Waals surface area contributed by atoms with Gasteiger partial charge >= 0.3 is 5.97 Å². The number of aromatic hydroxyl groups is 1. The van der Waals surface area contributed by atoms with Crippen LogP contribution in [-0.2, 0) is 4.74 Å². The fourth-order valence-electron chi connectivity index (χ4n) is 3.05. The zero-order valence-electron chi connectivity index (χ0n) is 12.8. The van der Waals surface area contributed by atoms with E-state index in [-0.39, 0.29) is 18.1 Å². The van der Waals surface area contributed by atoms with Crippen molar-refractivity contribution in [2.75, 3.05) is 6.61 Å². The second kappa shape index (κ2) is 7.38. The topological polar surface area (TPSA) is 72.3 Å². The molecule has 116 valence electrons. The summed E-state index contributed by atoms with van der Waals surface area (Å²) in [6.45, 7) is 4.21. The van der Waals surface area contributed by atoms with E-state index in [1.807, 2.05) is 0 Å². The molecule has 0 bridgehead atoms. The van der Waals surface area contributed by atoms with Crippen LogP contribution in [0.25, 0.3) is 0 Å². The number of aromatic nitrogens is 2. The minimum Gasteiger partial charge on any atom is -0.493 e. The summed E-state index contributed by atoms with van der Waals surface area (Å²) in [4.78, 5) is 20.0. The first-order chi connectivity index (χ1) is 10.2. The largest absolute Gasteiger partial charge is 0.493 e. The number of hydrogen-bond acceptors (Lipinski definition) is 5. The number of nitrogens with zero attached hydrogens (tertiary/aromatic N) is 2. The van der Waals surface area contributed by atoms with Gasteiger partial charge in [-0.3, -0.25) is 0 Å². The number of esters is 1. The standard InChI is InChI=1S/C16H24N2O3/c1-3-5-11-6-8-12(9-7-11)14-17-10-13(15(19)18-14)16(20)21-4-2/h10-12H,3-9H2,1-2H3,(H,17,18,19)/t11-,12-. The van der Waals surface area contributed by atoms with Gasteiger partial charge in [0.05, 0.1) is 6.61 Å². The van der Waals surface area contributed by atoms with E-state index in [0.717, 1.165) is 18.8 Å². The lowest BCUT2D eigenvalue weighted by Crippen LogP contribution is -2.16. The second-order valence-electron chi connectivity index (χ2n) is 5.69. The van der Waals surface area contributed by atoms with E-state index in [9.17, 15) is 9.90 Å². The van der Waals surface area contributed by atoms with Gasteiger partial charge in [-0.25, -0.2) is 9.78 Å². The van der Waals surface area contributed by atoms with E-state index in [4.69, 9.17) is 4.74 Å². The molecule has 5 nitrogen and oxygen atoms in total. The average molecular weight is 292 g/mol. The molecule has 0 spiro atoms. The Labute approximate surface area is 125 Å². The van der Waals surface area contributed by atoms with E-state index >= 15 is 0 Å². The van der Waals surface area contributed by atoms with Gasteiger partial charge in [-0.15, -0.1) is 0 Å². The van der Waals surface area contributed by atoms with Gasteiger partial charge < -0.3 is 9.84 Å². The smallest absolute Gasteiger partial charge is 0.345 e. The zero-order chi connectivity index (χ0) is 15.2. The molecule has 0 amide bonds. The molecule has 5 heteroatoms. The predicted octanol–water partition coefficient (Wildman–Crippen LogP) is 3.43. The molecule has 1 aromatic heterocycles. The lowest BCUT2D eigenvalue weighted by atomic mass is 9.80. The van der Waals surface area contributed by atoms with Gasteiger partial charge in [-0.05, 0) is 38.5 Å². The molecule has 21 heavy (non-hydrogen) atoms. The third kappa shape index (κ3) is 3.93. The Hall–Kier alpha value is -1.65. The van der Waals surface area contributed by atoms with Gasteiger partial charge in [0.15, 0.2) is 0 Å². The van der Waals surface area contributed by atoms with Crippen molar-refractivity contribution in [1.82, 2.24) is 9.97 Å². The van der Waals surface area contributed by atoms with E-state index in [1.54, 1.807) is 6.92 Å². The Kier molecular flexibility index (Phi) is 5.53. The summed E-state index contributed by atoms with van der Waals surface area (Å²) in [6, 6.07) is 0. The number of ether oxygens (including phenoxy) is 1. The van der Waals surface area contributed by atoms with Crippen LogP contribution in [-0.4, -0.2) is 27.7 Å². The molecule has 0 unspecified atom stereocenters. The van der Waals surface area contributed by atoms with Crippen molar-refractivity contribution < 1.29 is 14.6 Å². The number of carbonyl (C=O) groups is 1. The molecular formula is C16H24N2O3. The van der Waals surface area contributed by atoms with E-state index < -0.39 is 5.97 Å². The van der Waals surface area contributed by atoms with Crippen LogP contribution in [0.5, 0.6) is 5.88 Å². The van der Waals surface area contributed by atoms with Crippen LogP contribution in [0.4, 0.5) is 0 Å². The molecule has 1 fully saturated rings. The highest BCUT2D eigenvalue weighted by Gasteiger charge is 2.25. The summed E-state index contributed by atoms with van der Waals surface area (Å²) in [7, 11) is 0. The van der Waals surface area contributed by atoms with Crippen LogP contribution >= 0.6 is 0 Å². The van der Waals surface area contributed by atoms with Gasteiger partial charge in [0.25, 0.3) is 0 Å². The summed E-state index contributed by atoms with van der Waals surface area (Å²) in [6.07, 6.45) is 8.42. The maximum Gasteiger partial charge on any atom is 0.345 e. The first-order valence-electron chi connectivity index (χ1n) is 7.88. The molecule has 0 aliphatic heterocycles. The summed E-state index contributed by atoms with van der Waals surface area (Å²) in [5.74, 6) is 0.914. The SMILES string of the molecule is CCC[C@H]1CC[C@H](c2ncc(C(=O)OCC)c(O)n2)CC1. The highest BCUT2D eigenvalue weighted by atomic mass is 16.5. The Morgan fingerprint density at radius 1 is 1.33 bits per heavy atom. The second-order valence-corrected chi connectivity index (χ2v) is 5.69. The van der Waals surface area contributed by atoms with Gasteiger partial charge in [-0.2, -0.15) is 4.98 Å². The van der Waals surface area contributed by atoms with Crippen molar-refractivity contribution in [3.05, 3.63) is 17.6 Å². The highest BCUT2D eigenvalue weighted by molar-refractivity contribution is 5.91. The molecule has 1 saturated carbocycles. The third-order valence-corrected chi connectivity index (χ3v) is 4.19. The van der Waals surface area contributed by atoms with Crippen molar-refractivity contribution in [3.8, 4) is 5.88 Å². The molecule has 0 aromatic carbocycles. The van der Waals surface area contributed by atoms with Gasteiger partial charge in [0.2, 0.25) is 5.88 Å². The molecule has 0 radical (unpaired) electrons. The first kappa shape index (κ1) is 15.7. The maximum atomic E-state index is 11.6. The average Bonchev–Trinajstić information content (AvgIpc) is 2.48. The Bertz CT molecular complexity index is 482. The molecular weight excluding hydrogens is 268 g/mol. The molecule has 1 heterocycles.